The SMILES string of the molecule is O=C(NO)C1C[C@H](N(C(=O)O)[C@H]2CCOC2)CC[C@@H]1C(=O)N1CCN(c2ccccc2)CC1. The number of carboxylic acid groups (broad SMARTS) is 1. The lowest BCUT2D eigenvalue weighted by atomic mass is 9.75. The van der Waals surface area contributed by atoms with E-state index < -0.39 is 29.9 Å². The Morgan fingerprint density at radius 2 is 1.70 bits per heavy atom. The van der Waals surface area contributed by atoms with E-state index in [1.165, 1.54) is 4.90 Å². The van der Waals surface area contributed by atoms with Crippen molar-refractivity contribution >= 4 is 23.6 Å². The first-order valence-electron chi connectivity index (χ1n) is 11.6. The van der Waals surface area contributed by atoms with Crippen molar-refractivity contribution in [3.05, 3.63) is 30.3 Å². The second-order valence-electron chi connectivity index (χ2n) is 9.01. The van der Waals surface area contributed by atoms with Gasteiger partial charge in [-0.15, -0.1) is 0 Å². The molecule has 2 saturated heterocycles. The Morgan fingerprint density at radius 3 is 2.30 bits per heavy atom. The van der Waals surface area contributed by atoms with Crippen LogP contribution in [0.15, 0.2) is 30.3 Å². The number of benzene rings is 1. The molecule has 10 nitrogen and oxygen atoms in total. The lowest BCUT2D eigenvalue weighted by Gasteiger charge is -2.43. The number of anilines is 1. The van der Waals surface area contributed by atoms with Gasteiger partial charge in [0.05, 0.1) is 18.6 Å². The fourth-order valence-electron chi connectivity index (χ4n) is 5.48. The quantitative estimate of drug-likeness (QED) is 0.448. The van der Waals surface area contributed by atoms with Gasteiger partial charge in [0.2, 0.25) is 11.8 Å². The molecule has 3 aliphatic rings. The highest BCUT2D eigenvalue weighted by Gasteiger charge is 2.45. The van der Waals surface area contributed by atoms with Crippen molar-refractivity contribution < 1.29 is 29.4 Å². The molecule has 3 amide bonds. The molecule has 1 aliphatic carbocycles. The molecule has 2 aliphatic heterocycles. The van der Waals surface area contributed by atoms with Gasteiger partial charge in [0.1, 0.15) is 0 Å². The van der Waals surface area contributed by atoms with Crippen LogP contribution in [0.5, 0.6) is 0 Å². The van der Waals surface area contributed by atoms with Gasteiger partial charge in [0, 0.05) is 50.4 Å². The first-order valence-corrected chi connectivity index (χ1v) is 11.6. The van der Waals surface area contributed by atoms with E-state index >= 15 is 0 Å². The summed E-state index contributed by atoms with van der Waals surface area (Å²) < 4.78 is 5.36. The highest BCUT2D eigenvalue weighted by Crippen LogP contribution is 2.36. The van der Waals surface area contributed by atoms with Gasteiger partial charge in [-0.05, 0) is 37.8 Å². The third kappa shape index (κ3) is 5.06. The Bertz CT molecular complexity index is 839. The number of carbonyl (C=O) groups is 3. The maximum absolute atomic E-state index is 13.4. The van der Waals surface area contributed by atoms with E-state index in [0.717, 1.165) is 5.69 Å². The van der Waals surface area contributed by atoms with Gasteiger partial charge in [-0.2, -0.15) is 0 Å². The average molecular weight is 461 g/mol. The number of nitrogens with one attached hydrogen (secondary N) is 1. The Hall–Kier alpha value is -2.85. The zero-order valence-corrected chi connectivity index (χ0v) is 18.6. The van der Waals surface area contributed by atoms with Crippen molar-refractivity contribution in [2.24, 2.45) is 11.8 Å². The molecule has 4 atom stereocenters. The highest BCUT2D eigenvalue weighted by atomic mass is 16.5. The van der Waals surface area contributed by atoms with Crippen molar-refractivity contribution in [1.29, 1.82) is 0 Å². The van der Waals surface area contributed by atoms with Crippen LogP contribution in [-0.2, 0) is 14.3 Å². The molecule has 180 valence electrons. The zero-order chi connectivity index (χ0) is 23.4. The molecule has 4 rings (SSSR count). The number of hydrogen-bond donors (Lipinski definition) is 3. The van der Waals surface area contributed by atoms with Gasteiger partial charge in [-0.25, -0.2) is 10.3 Å². The molecule has 2 heterocycles. The lowest BCUT2D eigenvalue weighted by Crippen LogP contribution is -2.56. The molecule has 0 bridgehead atoms. The minimum absolute atomic E-state index is 0.0964. The minimum Gasteiger partial charge on any atom is -0.465 e. The smallest absolute Gasteiger partial charge is 0.407 e. The number of piperazine rings is 1. The molecule has 1 unspecified atom stereocenters. The molecule has 0 radical (unpaired) electrons. The number of hydroxylamine groups is 1. The average Bonchev–Trinajstić information content (AvgIpc) is 3.38. The van der Waals surface area contributed by atoms with Crippen LogP contribution < -0.4 is 10.4 Å². The van der Waals surface area contributed by atoms with Crippen LogP contribution in [0.1, 0.15) is 25.7 Å². The van der Waals surface area contributed by atoms with Crippen molar-refractivity contribution in [3.63, 3.8) is 0 Å². The first-order chi connectivity index (χ1) is 16.0. The van der Waals surface area contributed by atoms with Crippen LogP contribution in [0, 0.1) is 11.8 Å². The molecule has 3 N–H and O–H groups in total. The standard InChI is InChI=1S/C23H32N4O6/c28-21(24-32)20-14-17(27(23(30)31)18-8-13-33-15-18)6-7-19(20)22(29)26-11-9-25(10-12-26)16-4-2-1-3-5-16/h1-5,17-20,32H,6-15H2,(H,24,28)(H,30,31)/t17-,18+,19+,20?/m1/s1. The maximum Gasteiger partial charge on any atom is 0.407 e. The molecule has 0 spiro atoms. The zero-order valence-electron chi connectivity index (χ0n) is 18.6. The summed E-state index contributed by atoms with van der Waals surface area (Å²) in [5, 5.41) is 19.1. The number of rotatable bonds is 5. The van der Waals surface area contributed by atoms with Crippen molar-refractivity contribution in [2.75, 3.05) is 44.3 Å². The van der Waals surface area contributed by atoms with E-state index in [-0.39, 0.29) is 18.4 Å². The number of amides is 3. The number of carbonyl (C=O) groups excluding carboxylic acids is 2. The number of nitrogens with zero attached hydrogens (tertiary/aromatic N) is 3. The van der Waals surface area contributed by atoms with Gasteiger partial charge >= 0.3 is 6.09 Å². The summed E-state index contributed by atoms with van der Waals surface area (Å²) in [5.74, 6) is -2.08. The summed E-state index contributed by atoms with van der Waals surface area (Å²) in [7, 11) is 0. The molecular formula is C23H32N4O6. The summed E-state index contributed by atoms with van der Waals surface area (Å²) in [6, 6.07) is 9.40. The van der Waals surface area contributed by atoms with E-state index in [9.17, 15) is 24.7 Å². The molecule has 1 aromatic carbocycles. The van der Waals surface area contributed by atoms with Crippen LogP contribution in [-0.4, -0.2) is 89.5 Å². The van der Waals surface area contributed by atoms with E-state index in [0.29, 0.717) is 58.7 Å². The fourth-order valence-corrected chi connectivity index (χ4v) is 5.48. The Kier molecular flexibility index (Phi) is 7.34. The Balaban J connectivity index is 1.42. The summed E-state index contributed by atoms with van der Waals surface area (Å²) in [6.45, 7) is 3.38. The topological polar surface area (TPSA) is 123 Å². The molecule has 1 aromatic rings. The highest BCUT2D eigenvalue weighted by molar-refractivity contribution is 5.87. The Morgan fingerprint density at radius 1 is 0.970 bits per heavy atom. The largest absolute Gasteiger partial charge is 0.465 e. The van der Waals surface area contributed by atoms with E-state index in [1.54, 1.807) is 10.4 Å². The van der Waals surface area contributed by atoms with Crippen LogP contribution in [0.25, 0.3) is 0 Å². The summed E-state index contributed by atoms with van der Waals surface area (Å²) in [6.07, 6.45) is 0.681. The van der Waals surface area contributed by atoms with Gasteiger partial charge in [-0.1, -0.05) is 18.2 Å². The monoisotopic (exact) mass is 460 g/mol. The summed E-state index contributed by atoms with van der Waals surface area (Å²) in [4.78, 5) is 43.3. The van der Waals surface area contributed by atoms with Crippen molar-refractivity contribution in [2.45, 2.75) is 37.8 Å². The number of para-hydroxylation sites is 1. The van der Waals surface area contributed by atoms with Crippen molar-refractivity contribution in [3.8, 4) is 0 Å². The molecular weight excluding hydrogens is 428 g/mol. The van der Waals surface area contributed by atoms with Crippen LogP contribution in [0.3, 0.4) is 0 Å². The van der Waals surface area contributed by atoms with Gasteiger partial charge in [-0.3, -0.25) is 19.7 Å². The van der Waals surface area contributed by atoms with Crippen LogP contribution in [0.2, 0.25) is 0 Å². The predicted molar refractivity (Wildman–Crippen MR) is 119 cm³/mol. The number of ether oxygens (including phenoxy) is 1. The van der Waals surface area contributed by atoms with Crippen LogP contribution >= 0.6 is 0 Å². The Labute approximate surface area is 193 Å². The van der Waals surface area contributed by atoms with E-state index in [1.807, 2.05) is 30.3 Å². The van der Waals surface area contributed by atoms with E-state index in [4.69, 9.17) is 4.74 Å². The van der Waals surface area contributed by atoms with Crippen molar-refractivity contribution in [1.82, 2.24) is 15.3 Å². The van der Waals surface area contributed by atoms with Crippen LogP contribution in [0.4, 0.5) is 10.5 Å². The second kappa shape index (κ2) is 10.4. The molecule has 0 aromatic heterocycles. The minimum atomic E-state index is -1.04. The molecule has 10 heteroatoms. The fraction of sp³-hybridized carbons (Fsp3) is 0.609. The molecule has 33 heavy (non-hydrogen) atoms. The third-order valence-electron chi connectivity index (χ3n) is 7.21. The predicted octanol–water partition coefficient (Wildman–Crippen LogP) is 1.39. The second-order valence-corrected chi connectivity index (χ2v) is 9.01. The normalized spacial score (nSPS) is 27.8. The summed E-state index contributed by atoms with van der Waals surface area (Å²) >= 11 is 0. The third-order valence-corrected chi connectivity index (χ3v) is 7.21. The number of hydrogen-bond acceptors (Lipinski definition) is 6. The molecule has 3 fully saturated rings. The van der Waals surface area contributed by atoms with E-state index in [2.05, 4.69) is 4.90 Å². The maximum atomic E-state index is 13.4. The lowest BCUT2D eigenvalue weighted by molar-refractivity contribution is -0.148. The van der Waals surface area contributed by atoms with Gasteiger partial charge < -0.3 is 19.6 Å². The van der Waals surface area contributed by atoms with Gasteiger partial charge in [0.15, 0.2) is 0 Å². The van der Waals surface area contributed by atoms with Gasteiger partial charge in [0.25, 0.3) is 0 Å². The summed E-state index contributed by atoms with van der Waals surface area (Å²) in [5.41, 5.74) is 2.82. The first kappa shape index (κ1) is 23.3. The molecule has 1 saturated carbocycles.